The molecule has 3 heteroatoms. The Hall–Kier alpha value is -1.49. The van der Waals surface area contributed by atoms with Gasteiger partial charge in [-0.25, -0.2) is 4.39 Å². The average Bonchev–Trinajstić information content (AvgIpc) is 2.31. The molecular weight excluding hydrogens is 258 g/mol. The molecule has 2 rings (SSSR count). The first-order valence-corrected chi connectivity index (χ1v) is 5.58. The predicted molar refractivity (Wildman–Crippen MR) is 69.8 cm³/mol. The molecular formula is C14H7Cl2F. The second-order valence-corrected chi connectivity index (χ2v) is 4.34. The fraction of sp³-hybridized carbons (Fsp3) is 0. The highest BCUT2D eigenvalue weighted by molar-refractivity contribution is 6.33. The minimum atomic E-state index is -0.355. The molecule has 0 nitrogen and oxygen atoms in total. The summed E-state index contributed by atoms with van der Waals surface area (Å²) >= 11 is 12.0. The minimum Gasteiger partial charge on any atom is -0.207 e. The second kappa shape index (κ2) is 4.79. The van der Waals surface area contributed by atoms with Crippen molar-refractivity contribution in [2.45, 2.75) is 0 Å². The van der Waals surface area contributed by atoms with Crippen LogP contribution in [0.2, 0.25) is 10.0 Å². The third-order valence-electron chi connectivity index (χ3n) is 2.30. The molecule has 2 aromatic carbocycles. The molecule has 0 amide bonds. The SMILES string of the molecule is C#Cc1cc(Cl)cc(-c2cc(F)ccc2Cl)c1. The van der Waals surface area contributed by atoms with Crippen molar-refractivity contribution in [3.8, 4) is 23.5 Å². The van der Waals surface area contributed by atoms with E-state index in [0.717, 1.165) is 0 Å². The summed E-state index contributed by atoms with van der Waals surface area (Å²) in [6.07, 6.45) is 5.32. The predicted octanol–water partition coefficient (Wildman–Crippen LogP) is 4.78. The van der Waals surface area contributed by atoms with Crippen LogP contribution >= 0.6 is 23.2 Å². The van der Waals surface area contributed by atoms with Gasteiger partial charge in [0.1, 0.15) is 5.82 Å². The first-order chi connectivity index (χ1) is 8.10. The van der Waals surface area contributed by atoms with Crippen LogP contribution in [0.1, 0.15) is 5.56 Å². The van der Waals surface area contributed by atoms with E-state index in [2.05, 4.69) is 5.92 Å². The van der Waals surface area contributed by atoms with Crippen molar-refractivity contribution < 1.29 is 4.39 Å². The van der Waals surface area contributed by atoms with Gasteiger partial charge in [0.15, 0.2) is 0 Å². The zero-order valence-corrected chi connectivity index (χ0v) is 10.2. The number of terminal acetylenes is 1. The molecule has 17 heavy (non-hydrogen) atoms. The molecule has 84 valence electrons. The van der Waals surface area contributed by atoms with Crippen LogP contribution < -0.4 is 0 Å². The summed E-state index contributed by atoms with van der Waals surface area (Å²) in [5, 5.41) is 0.951. The van der Waals surface area contributed by atoms with Gasteiger partial charge in [0, 0.05) is 21.2 Å². The Bertz CT molecular complexity index is 612. The third kappa shape index (κ3) is 2.61. The van der Waals surface area contributed by atoms with E-state index in [4.69, 9.17) is 29.6 Å². The maximum Gasteiger partial charge on any atom is 0.123 e. The molecule has 0 radical (unpaired) electrons. The normalized spacial score (nSPS) is 10.0. The largest absolute Gasteiger partial charge is 0.207 e. The number of hydrogen-bond acceptors (Lipinski definition) is 0. The fourth-order valence-corrected chi connectivity index (χ4v) is 2.01. The summed E-state index contributed by atoms with van der Waals surface area (Å²) in [5.41, 5.74) is 1.91. The molecule has 0 aliphatic rings. The lowest BCUT2D eigenvalue weighted by molar-refractivity contribution is 0.628. The monoisotopic (exact) mass is 264 g/mol. The molecule has 0 spiro atoms. The van der Waals surface area contributed by atoms with Crippen molar-refractivity contribution in [2.75, 3.05) is 0 Å². The van der Waals surface area contributed by atoms with Gasteiger partial charge in [-0.05, 0) is 42.0 Å². The molecule has 2 aromatic rings. The zero-order chi connectivity index (χ0) is 12.4. The molecule has 0 bridgehead atoms. The Morgan fingerprint density at radius 3 is 2.53 bits per heavy atom. The van der Waals surface area contributed by atoms with Gasteiger partial charge in [0.25, 0.3) is 0 Å². The van der Waals surface area contributed by atoms with Crippen molar-refractivity contribution >= 4 is 23.2 Å². The molecule has 0 aliphatic heterocycles. The first-order valence-electron chi connectivity index (χ1n) is 4.83. The number of halogens is 3. The van der Waals surface area contributed by atoms with Crippen LogP contribution in [0.15, 0.2) is 36.4 Å². The topological polar surface area (TPSA) is 0 Å². The Labute approximate surface area is 109 Å². The number of hydrogen-bond donors (Lipinski definition) is 0. The lowest BCUT2D eigenvalue weighted by atomic mass is 10.0. The lowest BCUT2D eigenvalue weighted by Gasteiger charge is -2.06. The smallest absolute Gasteiger partial charge is 0.123 e. The van der Waals surface area contributed by atoms with E-state index in [1.54, 1.807) is 18.2 Å². The van der Waals surface area contributed by atoms with E-state index in [9.17, 15) is 4.39 Å². The Morgan fingerprint density at radius 1 is 1.06 bits per heavy atom. The van der Waals surface area contributed by atoms with Crippen molar-refractivity contribution in [3.63, 3.8) is 0 Å². The third-order valence-corrected chi connectivity index (χ3v) is 2.85. The first kappa shape index (κ1) is 12.0. The Balaban J connectivity index is 2.64. The molecule has 0 atom stereocenters. The second-order valence-electron chi connectivity index (χ2n) is 3.50. The van der Waals surface area contributed by atoms with Crippen LogP contribution in [0.4, 0.5) is 4.39 Å². The van der Waals surface area contributed by atoms with Crippen LogP contribution in [-0.4, -0.2) is 0 Å². The maximum atomic E-state index is 13.2. The quantitative estimate of drug-likeness (QED) is 0.651. The van der Waals surface area contributed by atoms with Gasteiger partial charge in [0.2, 0.25) is 0 Å². The zero-order valence-electron chi connectivity index (χ0n) is 8.68. The van der Waals surface area contributed by atoms with Crippen LogP contribution in [0.5, 0.6) is 0 Å². The summed E-state index contributed by atoms with van der Waals surface area (Å²) < 4.78 is 13.2. The van der Waals surface area contributed by atoms with E-state index < -0.39 is 0 Å². The van der Waals surface area contributed by atoms with Gasteiger partial charge < -0.3 is 0 Å². The molecule has 0 unspecified atom stereocenters. The number of benzene rings is 2. The van der Waals surface area contributed by atoms with Crippen molar-refractivity contribution in [3.05, 3.63) is 57.8 Å². The van der Waals surface area contributed by atoms with Crippen LogP contribution in [0.3, 0.4) is 0 Å². The summed E-state index contributed by atoms with van der Waals surface area (Å²) in [6.45, 7) is 0. The van der Waals surface area contributed by atoms with Gasteiger partial charge >= 0.3 is 0 Å². The van der Waals surface area contributed by atoms with E-state index in [1.165, 1.54) is 18.2 Å². The average molecular weight is 265 g/mol. The van der Waals surface area contributed by atoms with Gasteiger partial charge in [0.05, 0.1) is 0 Å². The summed E-state index contributed by atoms with van der Waals surface area (Å²) in [4.78, 5) is 0. The molecule has 0 aliphatic carbocycles. The summed E-state index contributed by atoms with van der Waals surface area (Å²) in [5.74, 6) is 2.14. The van der Waals surface area contributed by atoms with Crippen LogP contribution in [0.25, 0.3) is 11.1 Å². The molecule has 0 saturated carbocycles. The maximum absolute atomic E-state index is 13.2. The standard InChI is InChI=1S/C14H7Cl2F/c1-2-9-5-10(7-11(15)6-9)13-8-12(17)3-4-14(13)16/h1,3-8H. The van der Waals surface area contributed by atoms with E-state index >= 15 is 0 Å². The van der Waals surface area contributed by atoms with E-state index in [-0.39, 0.29) is 5.82 Å². The van der Waals surface area contributed by atoms with Gasteiger partial charge in [-0.3, -0.25) is 0 Å². The fourth-order valence-electron chi connectivity index (χ4n) is 1.55. The minimum absolute atomic E-state index is 0.355. The van der Waals surface area contributed by atoms with Crippen molar-refractivity contribution in [1.82, 2.24) is 0 Å². The highest BCUT2D eigenvalue weighted by atomic mass is 35.5. The van der Waals surface area contributed by atoms with Crippen molar-refractivity contribution in [2.24, 2.45) is 0 Å². The molecule has 0 aromatic heterocycles. The lowest BCUT2D eigenvalue weighted by Crippen LogP contribution is -1.84. The molecule has 0 saturated heterocycles. The van der Waals surface area contributed by atoms with Gasteiger partial charge in [-0.15, -0.1) is 6.42 Å². The molecule has 0 fully saturated rings. The van der Waals surface area contributed by atoms with E-state index in [0.29, 0.717) is 26.7 Å². The van der Waals surface area contributed by atoms with E-state index in [1.807, 2.05) is 0 Å². The molecule has 0 N–H and O–H groups in total. The van der Waals surface area contributed by atoms with Gasteiger partial charge in [-0.2, -0.15) is 0 Å². The van der Waals surface area contributed by atoms with Crippen molar-refractivity contribution in [1.29, 1.82) is 0 Å². The van der Waals surface area contributed by atoms with Crippen LogP contribution in [0, 0.1) is 18.2 Å². The molecule has 0 heterocycles. The highest BCUT2D eigenvalue weighted by Crippen LogP contribution is 2.31. The number of rotatable bonds is 1. The van der Waals surface area contributed by atoms with Gasteiger partial charge in [-0.1, -0.05) is 29.1 Å². The Morgan fingerprint density at radius 2 is 1.82 bits per heavy atom. The summed E-state index contributed by atoms with van der Waals surface area (Å²) in [6, 6.07) is 9.27. The highest BCUT2D eigenvalue weighted by Gasteiger charge is 2.07. The summed E-state index contributed by atoms with van der Waals surface area (Å²) in [7, 11) is 0. The van der Waals surface area contributed by atoms with Crippen LogP contribution in [-0.2, 0) is 0 Å². The Kier molecular flexibility index (Phi) is 3.38.